The van der Waals surface area contributed by atoms with E-state index >= 15 is 0 Å². The summed E-state index contributed by atoms with van der Waals surface area (Å²) in [6.45, 7) is -0.257. The highest BCUT2D eigenvalue weighted by Crippen LogP contribution is 2.27. The van der Waals surface area contributed by atoms with Gasteiger partial charge in [-0.1, -0.05) is 0 Å². The Balaban J connectivity index is 2.66. The van der Waals surface area contributed by atoms with Gasteiger partial charge >= 0.3 is 6.18 Å². The summed E-state index contributed by atoms with van der Waals surface area (Å²) in [5.41, 5.74) is 10.2. The van der Waals surface area contributed by atoms with Gasteiger partial charge in [0.05, 0.1) is 19.1 Å². The van der Waals surface area contributed by atoms with Crippen LogP contribution in [0.15, 0.2) is 0 Å². The van der Waals surface area contributed by atoms with Gasteiger partial charge in [-0.3, -0.25) is 9.69 Å². The van der Waals surface area contributed by atoms with Crippen LogP contribution in [0.1, 0.15) is 0 Å². The predicted molar refractivity (Wildman–Crippen MR) is 54.0 cm³/mol. The quantitative estimate of drug-likeness (QED) is 0.696. The summed E-state index contributed by atoms with van der Waals surface area (Å²) in [6, 6.07) is -0.805. The predicted octanol–water partition coefficient (Wildman–Crippen LogP) is -0.690. The lowest BCUT2D eigenvalue weighted by Gasteiger charge is -2.36. The third-order valence-corrected chi connectivity index (χ3v) is 2.77. The Kier molecular flexibility index (Phi) is 4.72. The van der Waals surface area contributed by atoms with Gasteiger partial charge in [0.25, 0.3) is 0 Å². The fraction of sp³-hybridized carbons (Fsp3) is 0.889. The highest BCUT2D eigenvalue weighted by atomic mass is 19.4. The number of ether oxygens (including phenoxy) is 1. The molecule has 100 valence electrons. The minimum Gasteiger partial charge on any atom is -0.378 e. The summed E-state index contributed by atoms with van der Waals surface area (Å²) >= 11 is 0. The van der Waals surface area contributed by atoms with Crippen LogP contribution in [0.3, 0.4) is 0 Å². The average molecular weight is 255 g/mol. The van der Waals surface area contributed by atoms with E-state index in [1.807, 2.05) is 0 Å². The normalized spacial score (nSPS) is 24.6. The van der Waals surface area contributed by atoms with Crippen LogP contribution in [0.4, 0.5) is 13.2 Å². The van der Waals surface area contributed by atoms with Crippen LogP contribution in [0.25, 0.3) is 0 Å². The molecule has 0 aromatic heterocycles. The molecule has 1 aliphatic rings. The van der Waals surface area contributed by atoms with Crippen LogP contribution >= 0.6 is 0 Å². The zero-order valence-corrected chi connectivity index (χ0v) is 9.24. The molecule has 1 heterocycles. The SMILES string of the molecule is NCC(CN1CCOCC1C(N)=O)C(F)(F)F. The maximum Gasteiger partial charge on any atom is 0.394 e. The summed E-state index contributed by atoms with van der Waals surface area (Å²) in [4.78, 5) is 12.5. The Morgan fingerprint density at radius 1 is 1.53 bits per heavy atom. The Morgan fingerprint density at radius 3 is 2.65 bits per heavy atom. The van der Waals surface area contributed by atoms with Gasteiger partial charge in [0.1, 0.15) is 6.04 Å². The first kappa shape index (κ1) is 14.2. The first-order valence-corrected chi connectivity index (χ1v) is 5.24. The zero-order chi connectivity index (χ0) is 13.1. The molecule has 1 aliphatic heterocycles. The van der Waals surface area contributed by atoms with Crippen molar-refractivity contribution in [1.82, 2.24) is 4.90 Å². The van der Waals surface area contributed by atoms with Crippen molar-refractivity contribution >= 4 is 5.91 Å². The first-order chi connectivity index (χ1) is 7.86. The number of carbonyl (C=O) groups is 1. The number of rotatable bonds is 4. The van der Waals surface area contributed by atoms with Gasteiger partial charge in [-0.15, -0.1) is 0 Å². The summed E-state index contributed by atoms with van der Waals surface area (Å²) < 4.78 is 42.7. The van der Waals surface area contributed by atoms with Crippen molar-refractivity contribution in [2.24, 2.45) is 17.4 Å². The highest BCUT2D eigenvalue weighted by molar-refractivity contribution is 5.80. The van der Waals surface area contributed by atoms with Crippen molar-refractivity contribution in [3.63, 3.8) is 0 Å². The molecule has 0 bridgehead atoms. The molecule has 0 aliphatic carbocycles. The van der Waals surface area contributed by atoms with E-state index in [2.05, 4.69) is 0 Å². The van der Waals surface area contributed by atoms with Gasteiger partial charge in [0.15, 0.2) is 0 Å². The molecule has 1 fully saturated rings. The van der Waals surface area contributed by atoms with Crippen LogP contribution < -0.4 is 11.5 Å². The number of morpholine rings is 1. The van der Waals surface area contributed by atoms with Gasteiger partial charge in [-0.25, -0.2) is 0 Å². The van der Waals surface area contributed by atoms with Crippen molar-refractivity contribution in [2.45, 2.75) is 12.2 Å². The molecule has 1 saturated heterocycles. The van der Waals surface area contributed by atoms with Gasteiger partial charge < -0.3 is 16.2 Å². The molecule has 0 aromatic carbocycles. The van der Waals surface area contributed by atoms with Crippen LogP contribution in [0.5, 0.6) is 0 Å². The molecule has 0 saturated carbocycles. The molecule has 4 N–H and O–H groups in total. The third kappa shape index (κ3) is 3.83. The molecule has 2 unspecified atom stereocenters. The molecule has 5 nitrogen and oxygen atoms in total. The van der Waals surface area contributed by atoms with E-state index in [1.54, 1.807) is 0 Å². The van der Waals surface area contributed by atoms with E-state index in [4.69, 9.17) is 16.2 Å². The molecule has 1 rings (SSSR count). The maximum absolute atomic E-state index is 12.5. The lowest BCUT2D eigenvalue weighted by atomic mass is 10.1. The van der Waals surface area contributed by atoms with Gasteiger partial charge in [-0.2, -0.15) is 13.2 Å². The van der Waals surface area contributed by atoms with Crippen LogP contribution in [0, 0.1) is 5.92 Å². The number of nitrogens with two attached hydrogens (primary N) is 2. The number of amides is 1. The Morgan fingerprint density at radius 2 is 2.18 bits per heavy atom. The van der Waals surface area contributed by atoms with Crippen molar-refractivity contribution in [2.75, 3.05) is 32.8 Å². The Hall–Kier alpha value is -0.860. The van der Waals surface area contributed by atoms with Gasteiger partial charge in [-0.05, 0) is 0 Å². The van der Waals surface area contributed by atoms with Gasteiger partial charge in [0, 0.05) is 19.6 Å². The molecule has 17 heavy (non-hydrogen) atoms. The summed E-state index contributed by atoms with van der Waals surface area (Å²) in [7, 11) is 0. The number of primary amides is 1. The number of hydrogen-bond donors (Lipinski definition) is 2. The van der Waals surface area contributed by atoms with Crippen LogP contribution in [-0.4, -0.2) is 55.9 Å². The number of nitrogens with zero attached hydrogens (tertiary/aromatic N) is 1. The first-order valence-electron chi connectivity index (χ1n) is 5.24. The maximum atomic E-state index is 12.5. The molecule has 8 heteroatoms. The molecule has 0 spiro atoms. The second kappa shape index (κ2) is 5.65. The van der Waals surface area contributed by atoms with Crippen molar-refractivity contribution < 1.29 is 22.7 Å². The second-order valence-electron chi connectivity index (χ2n) is 3.96. The standard InChI is InChI=1S/C9H16F3N3O2/c10-9(11,12)6(3-13)4-15-1-2-17-5-7(15)8(14)16/h6-7H,1-5,13H2,(H2,14,16). The highest BCUT2D eigenvalue weighted by Gasteiger charge is 2.41. The zero-order valence-electron chi connectivity index (χ0n) is 9.24. The van der Waals surface area contributed by atoms with E-state index in [1.165, 1.54) is 4.90 Å². The van der Waals surface area contributed by atoms with Crippen molar-refractivity contribution in [3.8, 4) is 0 Å². The minimum absolute atomic E-state index is 0.0322. The van der Waals surface area contributed by atoms with E-state index in [9.17, 15) is 18.0 Å². The summed E-state index contributed by atoms with van der Waals surface area (Å²) in [6.07, 6.45) is -4.37. The number of carbonyl (C=O) groups excluding carboxylic acids is 1. The minimum atomic E-state index is -4.37. The fourth-order valence-corrected chi connectivity index (χ4v) is 1.71. The van der Waals surface area contributed by atoms with Crippen LogP contribution in [-0.2, 0) is 9.53 Å². The molecular formula is C9H16F3N3O2. The Labute approximate surface area is 96.9 Å². The van der Waals surface area contributed by atoms with Gasteiger partial charge in [0.2, 0.25) is 5.91 Å². The smallest absolute Gasteiger partial charge is 0.378 e. The number of alkyl halides is 3. The largest absolute Gasteiger partial charge is 0.394 e. The molecular weight excluding hydrogens is 239 g/mol. The molecule has 1 amide bonds. The van der Waals surface area contributed by atoms with Crippen molar-refractivity contribution in [1.29, 1.82) is 0 Å². The van der Waals surface area contributed by atoms with E-state index in [0.717, 1.165) is 0 Å². The second-order valence-corrected chi connectivity index (χ2v) is 3.96. The fourth-order valence-electron chi connectivity index (χ4n) is 1.71. The summed E-state index contributed by atoms with van der Waals surface area (Å²) in [5, 5.41) is 0. The van der Waals surface area contributed by atoms with E-state index in [-0.39, 0.29) is 19.7 Å². The number of halogens is 3. The van der Waals surface area contributed by atoms with Crippen molar-refractivity contribution in [3.05, 3.63) is 0 Å². The van der Waals surface area contributed by atoms with E-state index in [0.29, 0.717) is 6.61 Å². The van der Waals surface area contributed by atoms with Crippen LogP contribution in [0.2, 0.25) is 0 Å². The molecule has 2 atom stereocenters. The average Bonchev–Trinajstić information content (AvgIpc) is 2.24. The lowest BCUT2D eigenvalue weighted by Crippen LogP contribution is -2.55. The third-order valence-electron chi connectivity index (χ3n) is 2.77. The number of hydrogen-bond acceptors (Lipinski definition) is 4. The lowest BCUT2D eigenvalue weighted by molar-refractivity contribution is -0.181. The topological polar surface area (TPSA) is 81.6 Å². The monoisotopic (exact) mass is 255 g/mol. The summed E-state index contributed by atoms with van der Waals surface area (Å²) in [5.74, 6) is -2.33. The van der Waals surface area contributed by atoms with E-state index < -0.39 is 30.6 Å². The molecule has 0 aromatic rings. The molecule has 0 radical (unpaired) electrons. The Bertz CT molecular complexity index is 273.